The minimum atomic E-state index is 0.545. The standard InChI is InChI=1S/C15H17N3O2/c1-10-8-13-14(20-7-6-19-13)9-11(10)12-3-5-17-15(18-12)2-4-16/h3,5,8-9H,2,4,6-7,16H2,1H3. The molecule has 5 nitrogen and oxygen atoms in total. The van der Waals surface area contributed by atoms with E-state index in [4.69, 9.17) is 15.2 Å². The van der Waals surface area contributed by atoms with Crippen molar-refractivity contribution >= 4 is 0 Å². The van der Waals surface area contributed by atoms with Gasteiger partial charge in [-0.05, 0) is 37.2 Å². The van der Waals surface area contributed by atoms with Gasteiger partial charge < -0.3 is 15.2 Å². The number of rotatable bonds is 3. The number of hydrogen-bond acceptors (Lipinski definition) is 5. The molecule has 0 spiro atoms. The Morgan fingerprint density at radius 1 is 1.20 bits per heavy atom. The van der Waals surface area contributed by atoms with Crippen LogP contribution in [0.15, 0.2) is 24.4 Å². The minimum absolute atomic E-state index is 0.545. The Hall–Kier alpha value is -2.14. The topological polar surface area (TPSA) is 70.3 Å². The lowest BCUT2D eigenvalue weighted by atomic mass is 10.0. The van der Waals surface area contributed by atoms with Gasteiger partial charge in [0.25, 0.3) is 0 Å². The molecule has 0 amide bonds. The van der Waals surface area contributed by atoms with Gasteiger partial charge in [-0.25, -0.2) is 9.97 Å². The lowest BCUT2D eigenvalue weighted by Crippen LogP contribution is -2.15. The van der Waals surface area contributed by atoms with Gasteiger partial charge in [0.05, 0.1) is 5.69 Å². The van der Waals surface area contributed by atoms with Crippen molar-refractivity contribution in [1.29, 1.82) is 0 Å². The number of hydrogen-bond donors (Lipinski definition) is 1. The maximum atomic E-state index is 5.63. The molecule has 1 aliphatic rings. The summed E-state index contributed by atoms with van der Waals surface area (Å²) in [6.07, 6.45) is 2.45. The number of aromatic nitrogens is 2. The highest BCUT2D eigenvalue weighted by molar-refractivity contribution is 5.68. The van der Waals surface area contributed by atoms with Crippen molar-refractivity contribution in [3.05, 3.63) is 35.8 Å². The number of fused-ring (bicyclic) bond motifs is 1. The third-order valence-corrected chi connectivity index (χ3v) is 3.24. The minimum Gasteiger partial charge on any atom is -0.486 e. The average molecular weight is 271 g/mol. The average Bonchev–Trinajstić information content (AvgIpc) is 2.47. The second-order valence-corrected chi connectivity index (χ2v) is 4.71. The molecule has 0 aliphatic carbocycles. The molecule has 1 aromatic carbocycles. The zero-order valence-corrected chi connectivity index (χ0v) is 11.4. The first-order chi connectivity index (χ1) is 9.78. The van der Waals surface area contributed by atoms with Crippen LogP contribution in [0.5, 0.6) is 11.5 Å². The quantitative estimate of drug-likeness (QED) is 0.920. The summed E-state index contributed by atoms with van der Waals surface area (Å²) in [5, 5.41) is 0. The van der Waals surface area contributed by atoms with E-state index in [0.29, 0.717) is 26.2 Å². The summed E-state index contributed by atoms with van der Waals surface area (Å²) in [7, 11) is 0. The highest BCUT2D eigenvalue weighted by Crippen LogP contribution is 2.36. The Morgan fingerprint density at radius 2 is 1.95 bits per heavy atom. The Kier molecular flexibility index (Phi) is 3.52. The number of nitrogens with zero attached hydrogens (tertiary/aromatic N) is 2. The SMILES string of the molecule is Cc1cc2c(cc1-c1ccnc(CCN)n1)OCCO2. The van der Waals surface area contributed by atoms with E-state index in [-0.39, 0.29) is 0 Å². The normalized spacial score (nSPS) is 13.3. The molecule has 0 unspecified atom stereocenters. The predicted octanol–water partition coefficient (Wildman–Crippen LogP) is 1.72. The van der Waals surface area contributed by atoms with Gasteiger partial charge in [-0.15, -0.1) is 0 Å². The molecule has 2 N–H and O–H groups in total. The Balaban J connectivity index is 2.03. The van der Waals surface area contributed by atoms with Gasteiger partial charge in [-0.1, -0.05) is 0 Å². The zero-order valence-electron chi connectivity index (χ0n) is 11.4. The summed E-state index contributed by atoms with van der Waals surface area (Å²) >= 11 is 0. The fourth-order valence-corrected chi connectivity index (χ4v) is 2.27. The van der Waals surface area contributed by atoms with E-state index in [1.54, 1.807) is 6.20 Å². The van der Waals surface area contributed by atoms with Crippen LogP contribution in [0.25, 0.3) is 11.3 Å². The first-order valence-electron chi connectivity index (χ1n) is 6.70. The molecule has 3 rings (SSSR count). The van der Waals surface area contributed by atoms with E-state index in [1.165, 1.54) is 0 Å². The molecule has 2 heterocycles. The van der Waals surface area contributed by atoms with Gasteiger partial charge in [0.15, 0.2) is 11.5 Å². The van der Waals surface area contributed by atoms with Crippen LogP contribution in [-0.4, -0.2) is 29.7 Å². The van der Waals surface area contributed by atoms with Gasteiger partial charge >= 0.3 is 0 Å². The maximum absolute atomic E-state index is 5.63. The Labute approximate surface area is 117 Å². The monoisotopic (exact) mass is 271 g/mol. The fraction of sp³-hybridized carbons (Fsp3) is 0.333. The maximum Gasteiger partial charge on any atom is 0.162 e. The van der Waals surface area contributed by atoms with Crippen molar-refractivity contribution in [3.8, 4) is 22.8 Å². The third-order valence-electron chi connectivity index (χ3n) is 3.24. The molecule has 0 radical (unpaired) electrons. The molecule has 1 aromatic heterocycles. The van der Waals surface area contributed by atoms with Crippen LogP contribution in [-0.2, 0) is 6.42 Å². The predicted molar refractivity (Wildman–Crippen MR) is 76.0 cm³/mol. The van der Waals surface area contributed by atoms with Gasteiger partial charge in [0.2, 0.25) is 0 Å². The summed E-state index contributed by atoms with van der Waals surface area (Å²) in [4.78, 5) is 8.78. The summed E-state index contributed by atoms with van der Waals surface area (Å²) in [5.74, 6) is 2.34. The van der Waals surface area contributed by atoms with Crippen LogP contribution >= 0.6 is 0 Å². The van der Waals surface area contributed by atoms with Crippen molar-refractivity contribution in [3.63, 3.8) is 0 Å². The van der Waals surface area contributed by atoms with Crippen molar-refractivity contribution in [2.24, 2.45) is 5.73 Å². The van der Waals surface area contributed by atoms with Crippen molar-refractivity contribution in [2.75, 3.05) is 19.8 Å². The molecular formula is C15H17N3O2. The Morgan fingerprint density at radius 3 is 2.70 bits per heavy atom. The largest absolute Gasteiger partial charge is 0.486 e. The van der Waals surface area contributed by atoms with Crippen LogP contribution in [0.3, 0.4) is 0 Å². The first kappa shape index (κ1) is 12.9. The van der Waals surface area contributed by atoms with E-state index in [1.807, 2.05) is 25.1 Å². The van der Waals surface area contributed by atoms with Gasteiger partial charge in [-0.2, -0.15) is 0 Å². The highest BCUT2D eigenvalue weighted by atomic mass is 16.6. The molecule has 0 fully saturated rings. The van der Waals surface area contributed by atoms with Crippen LogP contribution in [0.1, 0.15) is 11.4 Å². The molecule has 20 heavy (non-hydrogen) atoms. The first-order valence-corrected chi connectivity index (χ1v) is 6.70. The van der Waals surface area contributed by atoms with E-state index >= 15 is 0 Å². The van der Waals surface area contributed by atoms with Crippen LogP contribution in [0, 0.1) is 6.92 Å². The van der Waals surface area contributed by atoms with Crippen molar-refractivity contribution < 1.29 is 9.47 Å². The lowest BCUT2D eigenvalue weighted by molar-refractivity contribution is 0.171. The molecule has 0 saturated heterocycles. The van der Waals surface area contributed by atoms with E-state index < -0.39 is 0 Å². The molecule has 1 aliphatic heterocycles. The Bertz CT molecular complexity index is 629. The lowest BCUT2D eigenvalue weighted by Gasteiger charge is -2.20. The van der Waals surface area contributed by atoms with Crippen LogP contribution < -0.4 is 15.2 Å². The van der Waals surface area contributed by atoms with E-state index in [9.17, 15) is 0 Å². The fourth-order valence-electron chi connectivity index (χ4n) is 2.27. The molecule has 5 heteroatoms. The second-order valence-electron chi connectivity index (χ2n) is 4.71. The molecule has 0 bridgehead atoms. The number of nitrogens with two attached hydrogens (primary N) is 1. The second kappa shape index (κ2) is 5.46. The van der Waals surface area contributed by atoms with Gasteiger partial charge in [0, 0.05) is 18.2 Å². The van der Waals surface area contributed by atoms with E-state index in [2.05, 4.69) is 9.97 Å². The molecule has 0 atom stereocenters. The summed E-state index contributed by atoms with van der Waals surface area (Å²) in [6.45, 7) is 3.76. The summed E-state index contributed by atoms with van der Waals surface area (Å²) < 4.78 is 11.2. The summed E-state index contributed by atoms with van der Waals surface area (Å²) in [6, 6.07) is 5.88. The van der Waals surface area contributed by atoms with Crippen molar-refractivity contribution in [1.82, 2.24) is 9.97 Å². The van der Waals surface area contributed by atoms with Crippen molar-refractivity contribution in [2.45, 2.75) is 13.3 Å². The molecule has 2 aromatic rings. The molecule has 0 saturated carbocycles. The summed E-state index contributed by atoms with van der Waals surface area (Å²) in [5.41, 5.74) is 8.58. The van der Waals surface area contributed by atoms with Gasteiger partial charge in [-0.3, -0.25) is 0 Å². The van der Waals surface area contributed by atoms with Crippen LogP contribution in [0.2, 0.25) is 0 Å². The highest BCUT2D eigenvalue weighted by Gasteiger charge is 2.15. The van der Waals surface area contributed by atoms with Gasteiger partial charge in [0.1, 0.15) is 19.0 Å². The van der Waals surface area contributed by atoms with Crippen LogP contribution in [0.4, 0.5) is 0 Å². The third kappa shape index (κ3) is 2.44. The van der Waals surface area contributed by atoms with E-state index in [0.717, 1.165) is 34.1 Å². The zero-order chi connectivity index (χ0) is 13.9. The number of benzene rings is 1. The number of ether oxygens (including phenoxy) is 2. The molecular weight excluding hydrogens is 254 g/mol. The number of aryl methyl sites for hydroxylation is 1. The smallest absolute Gasteiger partial charge is 0.162 e. The molecule has 104 valence electrons.